The van der Waals surface area contributed by atoms with Gasteiger partial charge in [0, 0.05) is 6.61 Å². The fourth-order valence-corrected chi connectivity index (χ4v) is 2.75. The van der Waals surface area contributed by atoms with E-state index in [-0.39, 0.29) is 5.60 Å². The molecule has 0 aromatic heterocycles. The highest BCUT2D eigenvalue weighted by Gasteiger charge is 2.31. The SMILES string of the molecule is OC1(CCC2CCCCO2)CCCC1. The molecular weight excluding hydrogens is 176 g/mol. The summed E-state index contributed by atoms with van der Waals surface area (Å²) < 4.78 is 5.67. The van der Waals surface area contributed by atoms with E-state index in [1.165, 1.54) is 32.1 Å². The van der Waals surface area contributed by atoms with Crippen molar-refractivity contribution in [1.82, 2.24) is 0 Å². The minimum Gasteiger partial charge on any atom is -0.390 e. The van der Waals surface area contributed by atoms with Gasteiger partial charge in [0.15, 0.2) is 0 Å². The molecule has 0 amide bonds. The molecule has 0 aromatic rings. The van der Waals surface area contributed by atoms with Crippen molar-refractivity contribution in [2.75, 3.05) is 6.61 Å². The second-order valence-electron chi connectivity index (χ2n) is 4.96. The first-order valence-corrected chi connectivity index (χ1v) is 6.13. The van der Waals surface area contributed by atoms with Gasteiger partial charge in [0.1, 0.15) is 0 Å². The summed E-state index contributed by atoms with van der Waals surface area (Å²) in [6.45, 7) is 0.934. The van der Waals surface area contributed by atoms with Gasteiger partial charge in [-0.25, -0.2) is 0 Å². The summed E-state index contributed by atoms with van der Waals surface area (Å²) >= 11 is 0. The van der Waals surface area contributed by atoms with Crippen LogP contribution in [-0.2, 0) is 4.74 Å². The second kappa shape index (κ2) is 4.63. The largest absolute Gasteiger partial charge is 0.390 e. The Kier molecular flexibility index (Phi) is 3.45. The van der Waals surface area contributed by atoms with Crippen LogP contribution in [0.2, 0.25) is 0 Å². The van der Waals surface area contributed by atoms with Crippen molar-refractivity contribution < 1.29 is 9.84 Å². The number of ether oxygens (including phenoxy) is 1. The molecule has 1 unspecified atom stereocenters. The Morgan fingerprint density at radius 3 is 2.57 bits per heavy atom. The molecule has 1 saturated carbocycles. The van der Waals surface area contributed by atoms with Crippen molar-refractivity contribution >= 4 is 0 Å². The Balaban J connectivity index is 1.70. The highest BCUT2D eigenvalue weighted by molar-refractivity contribution is 4.85. The molecule has 1 aliphatic heterocycles. The van der Waals surface area contributed by atoms with Gasteiger partial charge in [0.2, 0.25) is 0 Å². The third-order valence-electron chi connectivity index (χ3n) is 3.74. The smallest absolute Gasteiger partial charge is 0.0648 e. The lowest BCUT2D eigenvalue weighted by atomic mass is 9.92. The monoisotopic (exact) mass is 198 g/mol. The number of rotatable bonds is 3. The van der Waals surface area contributed by atoms with Gasteiger partial charge >= 0.3 is 0 Å². The Labute approximate surface area is 86.6 Å². The van der Waals surface area contributed by atoms with Crippen LogP contribution >= 0.6 is 0 Å². The van der Waals surface area contributed by atoms with Gasteiger partial charge in [-0.2, -0.15) is 0 Å². The molecule has 14 heavy (non-hydrogen) atoms. The molecule has 1 N–H and O–H groups in total. The minimum absolute atomic E-state index is 0.333. The lowest BCUT2D eigenvalue weighted by molar-refractivity contribution is -0.0192. The molecule has 2 heteroatoms. The number of hydrogen-bond acceptors (Lipinski definition) is 2. The van der Waals surface area contributed by atoms with E-state index in [0.29, 0.717) is 6.10 Å². The summed E-state index contributed by atoms with van der Waals surface area (Å²) in [7, 11) is 0. The van der Waals surface area contributed by atoms with Crippen molar-refractivity contribution in [1.29, 1.82) is 0 Å². The topological polar surface area (TPSA) is 29.5 Å². The van der Waals surface area contributed by atoms with E-state index in [0.717, 1.165) is 32.3 Å². The van der Waals surface area contributed by atoms with Gasteiger partial charge in [0.25, 0.3) is 0 Å². The average molecular weight is 198 g/mol. The minimum atomic E-state index is -0.333. The van der Waals surface area contributed by atoms with Gasteiger partial charge in [-0.3, -0.25) is 0 Å². The zero-order valence-corrected chi connectivity index (χ0v) is 9.00. The normalized spacial score (nSPS) is 31.9. The average Bonchev–Trinajstić information content (AvgIpc) is 2.65. The van der Waals surface area contributed by atoms with Gasteiger partial charge in [0.05, 0.1) is 11.7 Å². The Hall–Kier alpha value is -0.0800. The fraction of sp³-hybridized carbons (Fsp3) is 1.00. The maximum Gasteiger partial charge on any atom is 0.0648 e. The van der Waals surface area contributed by atoms with E-state index in [1.807, 2.05) is 0 Å². The first-order valence-electron chi connectivity index (χ1n) is 6.13. The number of aliphatic hydroxyl groups is 1. The predicted molar refractivity (Wildman–Crippen MR) is 56.2 cm³/mol. The second-order valence-corrected chi connectivity index (χ2v) is 4.96. The maximum atomic E-state index is 10.2. The Morgan fingerprint density at radius 1 is 1.14 bits per heavy atom. The van der Waals surface area contributed by atoms with Gasteiger partial charge in [-0.15, -0.1) is 0 Å². The molecule has 0 aromatic carbocycles. The van der Waals surface area contributed by atoms with Crippen LogP contribution in [0.4, 0.5) is 0 Å². The standard InChI is InChI=1S/C12H22O2/c13-12(7-2-3-8-12)9-6-11-5-1-4-10-14-11/h11,13H,1-10H2. The Morgan fingerprint density at radius 2 is 1.93 bits per heavy atom. The lowest BCUT2D eigenvalue weighted by Crippen LogP contribution is -2.28. The van der Waals surface area contributed by atoms with Crippen LogP contribution in [0.3, 0.4) is 0 Å². The molecule has 2 aliphatic rings. The lowest BCUT2D eigenvalue weighted by Gasteiger charge is -2.27. The van der Waals surface area contributed by atoms with Crippen LogP contribution in [-0.4, -0.2) is 23.4 Å². The van der Waals surface area contributed by atoms with Crippen LogP contribution < -0.4 is 0 Å². The molecule has 1 aliphatic carbocycles. The zero-order valence-electron chi connectivity index (χ0n) is 9.00. The van der Waals surface area contributed by atoms with Crippen LogP contribution in [0.25, 0.3) is 0 Å². The molecule has 2 nitrogen and oxygen atoms in total. The molecule has 0 radical (unpaired) electrons. The van der Waals surface area contributed by atoms with E-state index >= 15 is 0 Å². The highest BCUT2D eigenvalue weighted by atomic mass is 16.5. The van der Waals surface area contributed by atoms with Crippen molar-refractivity contribution in [3.8, 4) is 0 Å². The van der Waals surface area contributed by atoms with Crippen molar-refractivity contribution in [2.45, 2.75) is 69.5 Å². The molecule has 0 spiro atoms. The number of hydrogen-bond donors (Lipinski definition) is 1. The van der Waals surface area contributed by atoms with E-state index in [9.17, 15) is 5.11 Å². The fourth-order valence-electron chi connectivity index (χ4n) is 2.75. The summed E-state index contributed by atoms with van der Waals surface area (Å²) in [5.41, 5.74) is -0.333. The van der Waals surface area contributed by atoms with E-state index in [2.05, 4.69) is 0 Å². The summed E-state index contributed by atoms with van der Waals surface area (Å²) in [5.74, 6) is 0. The van der Waals surface area contributed by atoms with E-state index in [1.54, 1.807) is 0 Å². The van der Waals surface area contributed by atoms with Crippen LogP contribution in [0.15, 0.2) is 0 Å². The molecule has 1 atom stereocenters. The predicted octanol–water partition coefficient (Wildman–Crippen LogP) is 2.64. The first-order chi connectivity index (χ1) is 6.79. The highest BCUT2D eigenvalue weighted by Crippen LogP contribution is 2.34. The van der Waals surface area contributed by atoms with Crippen molar-refractivity contribution in [3.63, 3.8) is 0 Å². The van der Waals surface area contributed by atoms with Crippen LogP contribution in [0, 0.1) is 0 Å². The summed E-state index contributed by atoms with van der Waals surface area (Å²) in [6, 6.07) is 0. The Bertz CT molecular complexity index is 167. The van der Waals surface area contributed by atoms with Gasteiger partial charge < -0.3 is 9.84 Å². The third kappa shape index (κ3) is 2.71. The summed E-state index contributed by atoms with van der Waals surface area (Å²) in [4.78, 5) is 0. The van der Waals surface area contributed by atoms with Crippen molar-refractivity contribution in [3.05, 3.63) is 0 Å². The molecule has 82 valence electrons. The third-order valence-corrected chi connectivity index (χ3v) is 3.74. The molecule has 1 saturated heterocycles. The van der Waals surface area contributed by atoms with E-state index in [4.69, 9.17) is 4.74 Å². The van der Waals surface area contributed by atoms with Crippen molar-refractivity contribution in [2.24, 2.45) is 0 Å². The molecular formula is C12H22O2. The van der Waals surface area contributed by atoms with Crippen LogP contribution in [0.1, 0.15) is 57.8 Å². The molecule has 2 fully saturated rings. The summed E-state index contributed by atoms with van der Waals surface area (Å²) in [6.07, 6.45) is 10.6. The van der Waals surface area contributed by atoms with E-state index < -0.39 is 0 Å². The zero-order chi connectivity index (χ0) is 9.86. The molecule has 0 bridgehead atoms. The quantitative estimate of drug-likeness (QED) is 0.755. The maximum absolute atomic E-state index is 10.2. The summed E-state index contributed by atoms with van der Waals surface area (Å²) in [5, 5.41) is 10.2. The molecule has 1 heterocycles. The first kappa shape index (κ1) is 10.4. The molecule has 2 rings (SSSR count). The van der Waals surface area contributed by atoms with Crippen LogP contribution in [0.5, 0.6) is 0 Å². The van der Waals surface area contributed by atoms with Gasteiger partial charge in [-0.1, -0.05) is 12.8 Å². The van der Waals surface area contributed by atoms with Gasteiger partial charge in [-0.05, 0) is 44.9 Å².